The molecule has 0 atom stereocenters. The molecule has 1 aliphatic carbocycles. The third kappa shape index (κ3) is 3.19. The van der Waals surface area contributed by atoms with Crippen molar-refractivity contribution in [2.75, 3.05) is 0 Å². The smallest absolute Gasteiger partial charge is 0.297 e. The third-order valence-corrected chi connectivity index (χ3v) is 6.66. The van der Waals surface area contributed by atoms with Crippen LogP contribution in [-0.4, -0.2) is 19.6 Å². The fraction of sp³-hybridized carbons (Fsp3) is 0.192. The summed E-state index contributed by atoms with van der Waals surface area (Å²) in [5.74, 6) is -0.375. The first-order valence-corrected chi connectivity index (χ1v) is 11.0. The molecule has 5 nitrogen and oxygen atoms in total. The molecule has 3 heterocycles. The number of alkyl halides is 2. The third-order valence-electron chi connectivity index (χ3n) is 6.66. The van der Waals surface area contributed by atoms with Gasteiger partial charge in [-0.1, -0.05) is 54.6 Å². The lowest BCUT2D eigenvalue weighted by Crippen LogP contribution is -2.43. The van der Waals surface area contributed by atoms with Crippen molar-refractivity contribution in [2.24, 2.45) is 5.73 Å². The minimum Gasteiger partial charge on any atom is -0.321 e. The second-order valence-corrected chi connectivity index (χ2v) is 8.64. The molecule has 164 valence electrons. The molecule has 0 amide bonds. The van der Waals surface area contributed by atoms with Gasteiger partial charge in [-0.15, -0.1) is 10.2 Å². The van der Waals surface area contributed by atoms with Crippen LogP contribution in [0.4, 0.5) is 8.78 Å². The highest BCUT2D eigenvalue weighted by Crippen LogP contribution is 2.40. The minimum atomic E-state index is -2.71. The van der Waals surface area contributed by atoms with Crippen molar-refractivity contribution in [3.8, 4) is 22.4 Å². The molecule has 3 aromatic heterocycles. The monoisotopic (exact) mass is 441 g/mol. The molecule has 1 aliphatic rings. The summed E-state index contributed by atoms with van der Waals surface area (Å²) in [5.41, 5.74) is 12.1. The van der Waals surface area contributed by atoms with Crippen LogP contribution in [0.1, 0.15) is 37.1 Å². The van der Waals surface area contributed by atoms with Crippen molar-refractivity contribution in [3.63, 3.8) is 0 Å². The van der Waals surface area contributed by atoms with Gasteiger partial charge in [0.15, 0.2) is 5.65 Å². The molecule has 0 unspecified atom stereocenters. The van der Waals surface area contributed by atoms with Crippen LogP contribution in [0.2, 0.25) is 0 Å². The Morgan fingerprint density at radius 3 is 2.33 bits per heavy atom. The van der Waals surface area contributed by atoms with Crippen molar-refractivity contribution in [1.29, 1.82) is 0 Å². The Balaban J connectivity index is 1.57. The first-order chi connectivity index (χ1) is 16.0. The van der Waals surface area contributed by atoms with Crippen LogP contribution in [0.3, 0.4) is 0 Å². The number of nitrogens with zero attached hydrogens (tertiary/aromatic N) is 4. The van der Waals surface area contributed by atoms with Gasteiger partial charge in [-0.2, -0.15) is 0 Å². The van der Waals surface area contributed by atoms with E-state index in [1.54, 1.807) is 12.3 Å². The van der Waals surface area contributed by atoms with Gasteiger partial charge in [-0.3, -0.25) is 4.40 Å². The lowest BCUT2D eigenvalue weighted by Gasteiger charge is -2.38. The van der Waals surface area contributed by atoms with E-state index in [1.165, 1.54) is 4.40 Å². The molecular formula is C26H21F2N5. The highest BCUT2D eigenvalue weighted by Gasteiger charge is 2.34. The van der Waals surface area contributed by atoms with Gasteiger partial charge in [0.25, 0.3) is 6.43 Å². The van der Waals surface area contributed by atoms with Crippen LogP contribution >= 0.6 is 0 Å². The summed E-state index contributed by atoms with van der Waals surface area (Å²) in [6.45, 7) is 0. The van der Waals surface area contributed by atoms with Gasteiger partial charge in [0.1, 0.15) is 0 Å². The van der Waals surface area contributed by atoms with Gasteiger partial charge < -0.3 is 5.73 Å². The zero-order valence-corrected chi connectivity index (χ0v) is 17.7. The molecule has 2 aromatic carbocycles. The second kappa shape index (κ2) is 7.42. The van der Waals surface area contributed by atoms with E-state index in [2.05, 4.69) is 34.5 Å². The number of benzene rings is 2. The number of rotatable bonds is 4. The van der Waals surface area contributed by atoms with E-state index >= 15 is 0 Å². The highest BCUT2D eigenvalue weighted by atomic mass is 19.3. The lowest BCUT2D eigenvalue weighted by atomic mass is 9.72. The van der Waals surface area contributed by atoms with Crippen molar-refractivity contribution in [1.82, 2.24) is 19.6 Å². The number of halogens is 2. The Bertz CT molecular complexity index is 1470. The Morgan fingerprint density at radius 2 is 1.67 bits per heavy atom. The number of hydrogen-bond donors (Lipinski definition) is 1. The first kappa shape index (κ1) is 19.9. The van der Waals surface area contributed by atoms with Gasteiger partial charge in [0.2, 0.25) is 5.82 Å². The minimum absolute atomic E-state index is 0.223. The topological polar surface area (TPSA) is 69.1 Å². The van der Waals surface area contributed by atoms with Crippen LogP contribution in [0, 0.1) is 0 Å². The fourth-order valence-corrected chi connectivity index (χ4v) is 4.63. The fourth-order valence-electron chi connectivity index (χ4n) is 4.63. The maximum atomic E-state index is 13.4. The van der Waals surface area contributed by atoms with E-state index in [-0.39, 0.29) is 11.4 Å². The van der Waals surface area contributed by atoms with Crippen molar-refractivity contribution in [3.05, 3.63) is 84.3 Å². The predicted molar refractivity (Wildman–Crippen MR) is 124 cm³/mol. The maximum absolute atomic E-state index is 13.4. The average Bonchev–Trinajstić information content (AvgIpc) is 3.27. The number of hydrogen-bond acceptors (Lipinski definition) is 4. The molecule has 0 radical (unpaired) electrons. The average molecular weight is 441 g/mol. The van der Waals surface area contributed by atoms with Gasteiger partial charge in [0, 0.05) is 28.2 Å². The van der Waals surface area contributed by atoms with Gasteiger partial charge in [-0.05, 0) is 42.5 Å². The molecule has 0 bridgehead atoms. The van der Waals surface area contributed by atoms with Crippen LogP contribution in [-0.2, 0) is 5.54 Å². The Morgan fingerprint density at radius 1 is 0.909 bits per heavy atom. The molecule has 6 rings (SSSR count). The largest absolute Gasteiger partial charge is 0.321 e. The lowest BCUT2D eigenvalue weighted by molar-refractivity contribution is 0.139. The molecule has 2 N–H and O–H groups in total. The van der Waals surface area contributed by atoms with E-state index in [0.29, 0.717) is 16.6 Å². The summed E-state index contributed by atoms with van der Waals surface area (Å²) in [6.07, 6.45) is 2.01. The molecular weight excluding hydrogens is 420 g/mol. The zero-order valence-electron chi connectivity index (χ0n) is 17.7. The van der Waals surface area contributed by atoms with Crippen LogP contribution in [0.5, 0.6) is 0 Å². The van der Waals surface area contributed by atoms with E-state index < -0.39 is 6.43 Å². The number of nitrogens with two attached hydrogens (primary N) is 1. The second-order valence-electron chi connectivity index (χ2n) is 8.64. The van der Waals surface area contributed by atoms with Crippen LogP contribution in [0.15, 0.2) is 72.9 Å². The molecule has 1 saturated carbocycles. The number of aromatic nitrogens is 4. The van der Waals surface area contributed by atoms with Crippen molar-refractivity contribution >= 4 is 16.6 Å². The van der Waals surface area contributed by atoms with Crippen LogP contribution in [0.25, 0.3) is 38.9 Å². The Hall–Kier alpha value is -3.71. The maximum Gasteiger partial charge on any atom is 0.297 e. The summed E-state index contributed by atoms with van der Waals surface area (Å²) < 4.78 is 28.0. The number of pyridine rings is 2. The molecule has 5 aromatic rings. The van der Waals surface area contributed by atoms with Crippen molar-refractivity contribution in [2.45, 2.75) is 31.2 Å². The molecule has 7 heteroatoms. The van der Waals surface area contributed by atoms with Gasteiger partial charge in [0.05, 0.1) is 11.2 Å². The Kier molecular flexibility index (Phi) is 4.48. The summed E-state index contributed by atoms with van der Waals surface area (Å²) in [6, 6.07) is 21.9. The van der Waals surface area contributed by atoms with E-state index in [4.69, 9.17) is 10.7 Å². The van der Waals surface area contributed by atoms with Gasteiger partial charge >= 0.3 is 0 Å². The number of fused-ring (bicyclic) bond motifs is 3. The Labute approximate surface area is 188 Å². The normalized spacial score (nSPS) is 15.3. The standard InChI is InChI=1S/C26H21F2N5/c27-23(28)25-32-31-24-20-15-19(16-5-2-1-3-6-16)22(30-21(20)11-14-33(24)25)17-7-9-18(10-8-17)26(29)12-4-13-26/h1-3,5-11,14-15,23H,4,12-13,29H2. The summed E-state index contributed by atoms with van der Waals surface area (Å²) >= 11 is 0. The molecule has 33 heavy (non-hydrogen) atoms. The molecule has 0 aliphatic heterocycles. The molecule has 1 fully saturated rings. The SMILES string of the molecule is NC1(c2ccc(-c3nc4ccn5c(C(F)F)nnc5c4cc3-c3ccccc3)cc2)CCC1. The summed E-state index contributed by atoms with van der Waals surface area (Å²) in [7, 11) is 0. The van der Waals surface area contributed by atoms with Crippen molar-refractivity contribution < 1.29 is 8.78 Å². The quantitative estimate of drug-likeness (QED) is 0.378. The predicted octanol–water partition coefficient (Wildman–Crippen LogP) is 5.89. The summed E-state index contributed by atoms with van der Waals surface area (Å²) in [5, 5.41) is 8.41. The van der Waals surface area contributed by atoms with E-state index in [0.717, 1.165) is 47.2 Å². The first-order valence-electron chi connectivity index (χ1n) is 11.0. The zero-order chi connectivity index (χ0) is 22.6. The van der Waals surface area contributed by atoms with Crippen LogP contribution < -0.4 is 5.73 Å². The summed E-state index contributed by atoms with van der Waals surface area (Å²) in [4.78, 5) is 4.95. The van der Waals surface area contributed by atoms with Gasteiger partial charge in [-0.25, -0.2) is 13.8 Å². The highest BCUT2D eigenvalue weighted by molar-refractivity contribution is 5.98. The van der Waals surface area contributed by atoms with E-state index in [9.17, 15) is 8.78 Å². The molecule has 0 spiro atoms. The molecule has 0 saturated heterocycles. The van der Waals surface area contributed by atoms with E-state index in [1.807, 2.05) is 36.4 Å².